The average molecular weight is 236 g/mol. The zero-order valence-electron chi connectivity index (χ0n) is 10.5. The Balaban J connectivity index is 1.99. The van der Waals surface area contributed by atoms with Gasteiger partial charge in [-0.2, -0.15) is 0 Å². The van der Waals surface area contributed by atoms with Crippen molar-refractivity contribution in [3.8, 4) is 11.5 Å². The van der Waals surface area contributed by atoms with Gasteiger partial charge in [-0.1, -0.05) is 0 Å². The summed E-state index contributed by atoms with van der Waals surface area (Å²) in [5.74, 6) is 0.804. The Kier molecular flexibility index (Phi) is 4.26. The van der Waals surface area contributed by atoms with Crippen molar-refractivity contribution in [1.82, 2.24) is 0 Å². The molecule has 3 nitrogen and oxygen atoms in total. The Morgan fingerprint density at radius 3 is 2.47 bits per heavy atom. The van der Waals surface area contributed by atoms with Crippen LogP contribution in [0.5, 0.6) is 11.5 Å². The lowest BCUT2D eigenvalue weighted by Gasteiger charge is -2.17. The lowest BCUT2D eigenvalue weighted by molar-refractivity contribution is -0.913. The highest BCUT2D eigenvalue weighted by Crippen LogP contribution is 2.25. The summed E-state index contributed by atoms with van der Waals surface area (Å²) in [6.07, 6.45) is 5.41. The predicted molar refractivity (Wildman–Crippen MR) is 67.5 cm³/mol. The number of phenols is 1. The van der Waals surface area contributed by atoms with Crippen molar-refractivity contribution in [2.45, 2.75) is 32.2 Å². The molecule has 1 heterocycles. The van der Waals surface area contributed by atoms with Gasteiger partial charge in [-0.15, -0.1) is 0 Å². The predicted octanol–water partition coefficient (Wildman–Crippen LogP) is 1.36. The van der Waals surface area contributed by atoms with E-state index in [1.165, 1.54) is 44.3 Å². The van der Waals surface area contributed by atoms with Crippen molar-refractivity contribution in [2.24, 2.45) is 0 Å². The van der Waals surface area contributed by atoms with E-state index in [9.17, 15) is 5.11 Å². The molecule has 2 N–H and O–H groups in total. The maximum Gasteiger partial charge on any atom is 0.160 e. The van der Waals surface area contributed by atoms with Gasteiger partial charge in [0.2, 0.25) is 0 Å². The zero-order chi connectivity index (χ0) is 12.1. The Labute approximate surface area is 103 Å². The van der Waals surface area contributed by atoms with Gasteiger partial charge in [0.25, 0.3) is 0 Å². The lowest BCUT2D eigenvalue weighted by Crippen LogP contribution is -3.10. The average Bonchev–Trinajstić information content (AvgIpc) is 2.58. The fraction of sp³-hybridized carbons (Fsp3) is 0.571. The minimum atomic E-state index is 0.249. The van der Waals surface area contributed by atoms with Gasteiger partial charge in [0, 0.05) is 5.56 Å². The van der Waals surface area contributed by atoms with Crippen LogP contribution in [0.4, 0.5) is 0 Å². The van der Waals surface area contributed by atoms with Gasteiger partial charge in [-0.05, 0) is 43.9 Å². The number of hydrogen-bond acceptors (Lipinski definition) is 2. The van der Waals surface area contributed by atoms with E-state index in [4.69, 9.17) is 4.74 Å². The van der Waals surface area contributed by atoms with Crippen molar-refractivity contribution in [3.63, 3.8) is 0 Å². The van der Waals surface area contributed by atoms with Crippen LogP contribution >= 0.6 is 0 Å². The highest BCUT2D eigenvalue weighted by molar-refractivity contribution is 5.41. The molecular formula is C14H22NO2+. The second kappa shape index (κ2) is 5.92. The molecule has 0 atom stereocenters. The van der Waals surface area contributed by atoms with E-state index in [0.29, 0.717) is 5.75 Å². The van der Waals surface area contributed by atoms with E-state index in [-0.39, 0.29) is 5.75 Å². The van der Waals surface area contributed by atoms with Crippen molar-refractivity contribution in [2.75, 3.05) is 20.2 Å². The number of methoxy groups -OCH3 is 1. The van der Waals surface area contributed by atoms with Crippen LogP contribution in [0, 0.1) is 0 Å². The van der Waals surface area contributed by atoms with Gasteiger partial charge in [0.1, 0.15) is 6.54 Å². The van der Waals surface area contributed by atoms with E-state index in [0.717, 1.165) is 6.54 Å². The first-order valence-electron chi connectivity index (χ1n) is 6.49. The number of ether oxygens (including phenoxy) is 1. The van der Waals surface area contributed by atoms with Gasteiger partial charge in [0.15, 0.2) is 11.5 Å². The Hall–Kier alpha value is -1.22. The standard InChI is InChI=1S/C14H21NO2/c1-17-14-7-6-12(10-13(14)16)11-15-8-4-2-3-5-9-15/h6-7,10,16H,2-5,8-9,11H2,1H3/p+1. The van der Waals surface area contributed by atoms with Gasteiger partial charge in [-0.3, -0.25) is 0 Å². The molecule has 17 heavy (non-hydrogen) atoms. The van der Waals surface area contributed by atoms with Crippen molar-refractivity contribution < 1.29 is 14.7 Å². The number of likely N-dealkylation sites (tertiary alicyclic amines) is 1. The van der Waals surface area contributed by atoms with Crippen LogP contribution in [0.3, 0.4) is 0 Å². The summed E-state index contributed by atoms with van der Waals surface area (Å²) in [5.41, 5.74) is 1.19. The summed E-state index contributed by atoms with van der Waals surface area (Å²) in [4.78, 5) is 1.63. The molecule has 0 aliphatic carbocycles. The molecule has 0 radical (unpaired) electrons. The summed E-state index contributed by atoms with van der Waals surface area (Å²) in [5, 5.41) is 9.74. The monoisotopic (exact) mass is 236 g/mol. The summed E-state index contributed by atoms with van der Waals surface area (Å²) >= 11 is 0. The Bertz CT molecular complexity index is 357. The van der Waals surface area contributed by atoms with Crippen molar-refractivity contribution in [3.05, 3.63) is 23.8 Å². The number of quaternary nitrogens is 1. The van der Waals surface area contributed by atoms with Crippen molar-refractivity contribution in [1.29, 1.82) is 0 Å². The summed E-state index contributed by atoms with van der Waals surface area (Å²) in [6.45, 7) is 3.52. The molecule has 0 amide bonds. The quantitative estimate of drug-likeness (QED) is 0.831. The largest absolute Gasteiger partial charge is 0.504 e. The van der Waals surface area contributed by atoms with E-state index in [1.54, 1.807) is 12.0 Å². The third kappa shape index (κ3) is 3.37. The number of aromatic hydroxyl groups is 1. The van der Waals surface area contributed by atoms with Gasteiger partial charge < -0.3 is 14.7 Å². The first-order valence-corrected chi connectivity index (χ1v) is 6.49. The molecule has 0 unspecified atom stereocenters. The molecule has 2 rings (SSSR count). The molecule has 1 aromatic rings. The molecule has 3 heteroatoms. The minimum absolute atomic E-state index is 0.249. The molecule has 0 bridgehead atoms. The molecule has 0 spiro atoms. The Morgan fingerprint density at radius 2 is 1.88 bits per heavy atom. The maximum absolute atomic E-state index is 9.74. The first kappa shape index (κ1) is 12.2. The van der Waals surface area contributed by atoms with Gasteiger partial charge >= 0.3 is 0 Å². The molecule has 1 aromatic carbocycles. The Morgan fingerprint density at radius 1 is 1.18 bits per heavy atom. The van der Waals surface area contributed by atoms with Gasteiger partial charge in [-0.25, -0.2) is 0 Å². The number of phenolic OH excluding ortho intramolecular Hbond substituents is 1. The topological polar surface area (TPSA) is 33.9 Å². The lowest BCUT2D eigenvalue weighted by atomic mass is 10.2. The molecule has 1 saturated heterocycles. The van der Waals surface area contributed by atoms with Crippen LogP contribution in [0.25, 0.3) is 0 Å². The van der Waals surface area contributed by atoms with Gasteiger partial charge in [0.05, 0.1) is 20.2 Å². The summed E-state index contributed by atoms with van der Waals surface area (Å²) in [7, 11) is 1.58. The first-order chi connectivity index (χ1) is 8.29. The fourth-order valence-electron chi connectivity index (χ4n) is 2.54. The van der Waals surface area contributed by atoms with Crippen molar-refractivity contribution >= 4 is 0 Å². The normalized spacial score (nSPS) is 17.7. The van der Waals surface area contributed by atoms with Crippen LogP contribution in [-0.4, -0.2) is 25.3 Å². The molecular weight excluding hydrogens is 214 g/mol. The molecule has 1 fully saturated rings. The number of nitrogens with one attached hydrogen (secondary N) is 1. The molecule has 0 aromatic heterocycles. The number of benzene rings is 1. The van der Waals surface area contributed by atoms with E-state index < -0.39 is 0 Å². The van der Waals surface area contributed by atoms with E-state index >= 15 is 0 Å². The smallest absolute Gasteiger partial charge is 0.160 e. The summed E-state index contributed by atoms with van der Waals surface area (Å²) in [6, 6.07) is 5.73. The molecule has 0 saturated carbocycles. The number of rotatable bonds is 3. The maximum atomic E-state index is 9.74. The van der Waals surface area contributed by atoms with E-state index in [1.807, 2.05) is 12.1 Å². The highest BCUT2D eigenvalue weighted by Gasteiger charge is 2.13. The highest BCUT2D eigenvalue weighted by atomic mass is 16.5. The third-order valence-electron chi connectivity index (χ3n) is 3.51. The SMILES string of the molecule is COc1ccc(C[NH+]2CCCCCC2)cc1O. The molecule has 94 valence electrons. The van der Waals surface area contributed by atoms with E-state index in [2.05, 4.69) is 6.07 Å². The minimum Gasteiger partial charge on any atom is -0.504 e. The number of hydrogen-bond donors (Lipinski definition) is 2. The second-order valence-electron chi connectivity index (χ2n) is 4.85. The van der Waals surface area contributed by atoms with Crippen LogP contribution in [-0.2, 0) is 6.54 Å². The third-order valence-corrected chi connectivity index (χ3v) is 3.51. The summed E-state index contributed by atoms with van der Waals surface area (Å²) < 4.78 is 5.05. The second-order valence-corrected chi connectivity index (χ2v) is 4.85. The van der Waals surface area contributed by atoms with Crippen LogP contribution in [0.1, 0.15) is 31.2 Å². The van der Waals surface area contributed by atoms with Crippen LogP contribution < -0.4 is 9.64 Å². The fourth-order valence-corrected chi connectivity index (χ4v) is 2.54. The molecule has 1 aliphatic rings. The zero-order valence-corrected chi connectivity index (χ0v) is 10.5. The van der Waals surface area contributed by atoms with Crippen LogP contribution in [0.15, 0.2) is 18.2 Å². The van der Waals surface area contributed by atoms with Crippen LogP contribution in [0.2, 0.25) is 0 Å². The molecule has 1 aliphatic heterocycles.